The van der Waals surface area contributed by atoms with Gasteiger partial charge in [-0.2, -0.15) is 0 Å². The van der Waals surface area contributed by atoms with Gasteiger partial charge in [0.05, 0.1) is 24.1 Å². The van der Waals surface area contributed by atoms with Gasteiger partial charge in [0.25, 0.3) is 5.91 Å². The van der Waals surface area contributed by atoms with Gasteiger partial charge in [-0.1, -0.05) is 50.3 Å². The molecule has 2 N–H and O–H groups in total. The van der Waals surface area contributed by atoms with E-state index in [2.05, 4.69) is 10.6 Å². The molecule has 166 valence electrons. The predicted octanol–water partition coefficient (Wildman–Crippen LogP) is 5.58. The number of anilines is 1. The van der Waals surface area contributed by atoms with Crippen molar-refractivity contribution in [2.45, 2.75) is 62.8 Å². The minimum atomic E-state index is -0.215. The first kappa shape index (κ1) is 23.2. The zero-order chi connectivity index (χ0) is 22.1. The fourth-order valence-electron chi connectivity index (χ4n) is 3.90. The molecule has 1 aliphatic rings. The molecule has 3 rings (SSSR count). The van der Waals surface area contributed by atoms with E-state index < -0.39 is 0 Å². The second-order valence-electron chi connectivity index (χ2n) is 8.05. The largest absolute Gasteiger partial charge is 0.495 e. The van der Waals surface area contributed by atoms with E-state index in [-0.39, 0.29) is 17.9 Å². The summed E-state index contributed by atoms with van der Waals surface area (Å²) in [7, 11) is 1.58. The number of hydrogen-bond donors (Lipinski definition) is 2. The second kappa shape index (κ2) is 11.8. The number of nitrogens with one attached hydrogen (secondary N) is 2. The summed E-state index contributed by atoms with van der Waals surface area (Å²) in [5.41, 5.74) is 2.22. The van der Waals surface area contributed by atoms with Crippen LogP contribution in [0.5, 0.6) is 5.75 Å². The van der Waals surface area contributed by atoms with E-state index in [0.717, 1.165) is 23.3 Å². The summed E-state index contributed by atoms with van der Waals surface area (Å²) in [5.74, 6) is 0.732. The Balaban J connectivity index is 1.61. The van der Waals surface area contributed by atoms with E-state index in [1.807, 2.05) is 43.3 Å². The van der Waals surface area contributed by atoms with Gasteiger partial charge in [0, 0.05) is 10.9 Å². The number of amides is 2. The summed E-state index contributed by atoms with van der Waals surface area (Å²) >= 11 is 1.40. The number of aryl methyl sites for hydroxylation is 1. The SMILES string of the molecule is COc1ccc(C)cc1NC(=O)c1ccccc1SCC(=O)NC1CCCCCCC1. The molecule has 0 saturated heterocycles. The molecule has 1 saturated carbocycles. The molecule has 0 radical (unpaired) electrons. The smallest absolute Gasteiger partial charge is 0.256 e. The Bertz CT molecular complexity index is 892. The number of benzene rings is 2. The molecule has 6 heteroatoms. The van der Waals surface area contributed by atoms with Gasteiger partial charge in [-0.05, 0) is 49.6 Å². The lowest BCUT2D eigenvalue weighted by molar-refractivity contribution is -0.119. The molecule has 2 aromatic carbocycles. The molecule has 0 atom stereocenters. The third-order valence-electron chi connectivity index (χ3n) is 5.56. The summed E-state index contributed by atoms with van der Waals surface area (Å²) in [6.45, 7) is 1.97. The Morgan fingerprint density at radius 3 is 2.48 bits per heavy atom. The molecule has 2 amide bonds. The number of rotatable bonds is 7. The first-order valence-corrected chi connectivity index (χ1v) is 12.0. The van der Waals surface area contributed by atoms with Crippen LogP contribution in [-0.4, -0.2) is 30.7 Å². The van der Waals surface area contributed by atoms with Crippen LogP contribution >= 0.6 is 11.8 Å². The quantitative estimate of drug-likeness (QED) is 0.552. The molecule has 0 aliphatic heterocycles. The number of carbonyl (C=O) groups excluding carboxylic acids is 2. The lowest BCUT2D eigenvalue weighted by Gasteiger charge is -2.21. The van der Waals surface area contributed by atoms with Crippen LogP contribution in [0.15, 0.2) is 47.4 Å². The van der Waals surface area contributed by atoms with Crippen molar-refractivity contribution >= 4 is 29.3 Å². The van der Waals surface area contributed by atoms with Crippen molar-refractivity contribution in [3.05, 3.63) is 53.6 Å². The monoisotopic (exact) mass is 440 g/mol. The van der Waals surface area contributed by atoms with Gasteiger partial charge in [-0.15, -0.1) is 11.8 Å². The van der Waals surface area contributed by atoms with Crippen LogP contribution < -0.4 is 15.4 Å². The van der Waals surface area contributed by atoms with Gasteiger partial charge in [-0.25, -0.2) is 0 Å². The van der Waals surface area contributed by atoms with E-state index in [1.165, 1.54) is 43.9 Å². The number of hydrogen-bond acceptors (Lipinski definition) is 4. The minimum Gasteiger partial charge on any atom is -0.495 e. The van der Waals surface area contributed by atoms with E-state index in [0.29, 0.717) is 22.8 Å². The van der Waals surface area contributed by atoms with E-state index >= 15 is 0 Å². The number of ether oxygens (including phenoxy) is 1. The number of carbonyl (C=O) groups is 2. The van der Waals surface area contributed by atoms with Gasteiger partial charge in [-0.3, -0.25) is 9.59 Å². The third kappa shape index (κ3) is 7.03. The maximum absolute atomic E-state index is 13.0. The number of methoxy groups -OCH3 is 1. The molecule has 0 aromatic heterocycles. The molecular formula is C25H32N2O3S. The van der Waals surface area contributed by atoms with Gasteiger partial charge in [0.15, 0.2) is 0 Å². The summed E-state index contributed by atoms with van der Waals surface area (Å²) in [4.78, 5) is 26.3. The molecular weight excluding hydrogens is 408 g/mol. The number of thioether (sulfide) groups is 1. The molecule has 0 spiro atoms. The lowest BCUT2D eigenvalue weighted by Crippen LogP contribution is -2.36. The molecule has 0 unspecified atom stereocenters. The average molecular weight is 441 g/mol. The van der Waals surface area contributed by atoms with Crippen LogP contribution in [0.2, 0.25) is 0 Å². The molecule has 5 nitrogen and oxygen atoms in total. The second-order valence-corrected chi connectivity index (χ2v) is 9.07. The third-order valence-corrected chi connectivity index (χ3v) is 6.64. The summed E-state index contributed by atoms with van der Waals surface area (Å²) < 4.78 is 5.36. The van der Waals surface area contributed by atoms with Gasteiger partial charge < -0.3 is 15.4 Å². The highest BCUT2D eigenvalue weighted by Crippen LogP contribution is 2.28. The Labute approximate surface area is 189 Å². The van der Waals surface area contributed by atoms with E-state index in [1.54, 1.807) is 13.2 Å². The normalized spacial score (nSPS) is 14.9. The van der Waals surface area contributed by atoms with Gasteiger partial charge in [0.2, 0.25) is 5.91 Å². The van der Waals surface area contributed by atoms with Crippen molar-refractivity contribution in [2.24, 2.45) is 0 Å². The topological polar surface area (TPSA) is 67.4 Å². The highest BCUT2D eigenvalue weighted by molar-refractivity contribution is 8.00. The maximum atomic E-state index is 13.0. The zero-order valence-corrected chi connectivity index (χ0v) is 19.2. The van der Waals surface area contributed by atoms with Crippen molar-refractivity contribution in [3.63, 3.8) is 0 Å². The predicted molar refractivity (Wildman–Crippen MR) is 127 cm³/mol. The van der Waals surface area contributed by atoms with E-state index in [9.17, 15) is 9.59 Å². The van der Waals surface area contributed by atoms with Crippen LogP contribution in [0.3, 0.4) is 0 Å². The maximum Gasteiger partial charge on any atom is 0.256 e. The Morgan fingerprint density at radius 2 is 1.74 bits per heavy atom. The van der Waals surface area contributed by atoms with Gasteiger partial charge in [0.1, 0.15) is 5.75 Å². The Hall–Kier alpha value is -2.47. The van der Waals surface area contributed by atoms with Crippen LogP contribution in [0.1, 0.15) is 60.9 Å². The van der Waals surface area contributed by atoms with Crippen molar-refractivity contribution in [1.82, 2.24) is 5.32 Å². The molecule has 1 aliphatic carbocycles. The van der Waals surface area contributed by atoms with Crippen molar-refractivity contribution in [3.8, 4) is 5.75 Å². The van der Waals surface area contributed by atoms with Crippen molar-refractivity contribution in [2.75, 3.05) is 18.2 Å². The first-order chi connectivity index (χ1) is 15.1. The Morgan fingerprint density at radius 1 is 1.03 bits per heavy atom. The highest BCUT2D eigenvalue weighted by atomic mass is 32.2. The molecule has 2 aromatic rings. The lowest BCUT2D eigenvalue weighted by atomic mass is 9.97. The molecule has 0 bridgehead atoms. The Kier molecular flexibility index (Phi) is 8.83. The summed E-state index contributed by atoms with van der Waals surface area (Å²) in [5, 5.41) is 6.14. The van der Waals surface area contributed by atoms with E-state index in [4.69, 9.17) is 4.74 Å². The highest BCUT2D eigenvalue weighted by Gasteiger charge is 2.17. The standard InChI is InChI=1S/C25H32N2O3S/c1-18-14-15-22(30-2)21(16-18)27-25(29)20-12-8-9-13-23(20)31-17-24(28)26-19-10-6-4-3-5-7-11-19/h8-9,12-16,19H,3-7,10-11,17H2,1-2H3,(H,26,28)(H,27,29). The first-order valence-electron chi connectivity index (χ1n) is 11.0. The molecule has 0 heterocycles. The summed E-state index contributed by atoms with van der Waals surface area (Å²) in [6, 6.07) is 13.3. The molecule has 1 fully saturated rings. The van der Waals surface area contributed by atoms with Crippen molar-refractivity contribution < 1.29 is 14.3 Å². The average Bonchev–Trinajstić information content (AvgIpc) is 2.74. The molecule has 31 heavy (non-hydrogen) atoms. The fraction of sp³-hybridized carbons (Fsp3) is 0.440. The zero-order valence-electron chi connectivity index (χ0n) is 18.4. The van der Waals surface area contributed by atoms with Crippen LogP contribution in [-0.2, 0) is 4.79 Å². The van der Waals surface area contributed by atoms with Crippen LogP contribution in [0.25, 0.3) is 0 Å². The van der Waals surface area contributed by atoms with Crippen LogP contribution in [0, 0.1) is 6.92 Å². The van der Waals surface area contributed by atoms with Crippen LogP contribution in [0.4, 0.5) is 5.69 Å². The fourth-order valence-corrected chi connectivity index (χ4v) is 4.76. The van der Waals surface area contributed by atoms with Crippen molar-refractivity contribution in [1.29, 1.82) is 0 Å². The minimum absolute atomic E-state index is 0.0335. The van der Waals surface area contributed by atoms with Gasteiger partial charge >= 0.3 is 0 Å². The summed E-state index contributed by atoms with van der Waals surface area (Å²) in [6.07, 6.45) is 8.32.